The summed E-state index contributed by atoms with van der Waals surface area (Å²) in [4.78, 5) is 9.49. The smallest absolute Gasteiger partial charge is 0.180 e. The van der Waals surface area contributed by atoms with Crippen LogP contribution in [0.15, 0.2) is 0 Å². The van der Waals surface area contributed by atoms with E-state index in [1.54, 1.807) is 0 Å². The molecule has 3 nitrogen and oxygen atoms in total. The van der Waals surface area contributed by atoms with Crippen LogP contribution >= 0.6 is 10.3 Å². The number of hydrogen-bond donors (Lipinski definition) is 1. The van der Waals surface area contributed by atoms with Gasteiger partial charge in [-0.15, -0.1) is 0 Å². The molecule has 0 heterocycles. The highest BCUT2D eigenvalue weighted by molar-refractivity contribution is 8.28. The van der Waals surface area contributed by atoms with Crippen molar-refractivity contribution in [3.8, 4) is 0 Å². The lowest BCUT2D eigenvalue weighted by Crippen LogP contribution is -2.62. The molecule has 0 fully saturated rings. The van der Waals surface area contributed by atoms with Crippen LogP contribution in [0, 0.1) is 4.91 Å². The summed E-state index contributed by atoms with van der Waals surface area (Å²) in [7, 11) is -1.10. The second kappa shape index (κ2) is 2.16. The first-order valence-electron chi connectivity index (χ1n) is 1.80. The predicted octanol–water partition coefficient (Wildman–Crippen LogP) is -0.626. The first-order chi connectivity index (χ1) is 3.06. The number of rotatable bonds is 2. The Hall–Kier alpha value is -0.250. The van der Waals surface area contributed by atoms with E-state index in [1.807, 2.05) is 18.8 Å². The van der Waals surface area contributed by atoms with E-state index in [4.69, 9.17) is 0 Å². The zero-order chi connectivity index (χ0) is 5.91. The fourth-order valence-electron chi connectivity index (χ4n) is 0.102. The highest BCUT2D eigenvalue weighted by Crippen LogP contribution is 2.31. The van der Waals surface area contributed by atoms with Gasteiger partial charge in [0, 0.05) is 18.8 Å². The summed E-state index contributed by atoms with van der Waals surface area (Å²) in [5.74, 6) is 0. The number of hydrogen-bond acceptors (Lipinski definition) is 2. The van der Waals surface area contributed by atoms with Gasteiger partial charge in [0.05, 0.1) is 4.91 Å². The molecule has 0 aromatic rings. The molecule has 0 amide bonds. The molecule has 0 aliphatic rings. The van der Waals surface area contributed by atoms with Crippen LogP contribution in [0.3, 0.4) is 0 Å². The lowest BCUT2D eigenvalue weighted by molar-refractivity contribution is -0.720. The van der Waals surface area contributed by atoms with Crippen LogP contribution in [0.4, 0.5) is 0 Å². The fourth-order valence-corrected chi connectivity index (χ4v) is 0.306. The highest BCUT2D eigenvalue weighted by atomic mass is 32.3. The fraction of sp³-hybridized carbons (Fsp3) is 1.00. The van der Waals surface area contributed by atoms with E-state index in [1.165, 1.54) is 5.34 Å². The average molecular weight is 124 g/mol. The Kier molecular flexibility index (Phi) is 2.08. The lowest BCUT2D eigenvalue weighted by Gasteiger charge is -2.12. The molecule has 0 rings (SSSR count). The zero-order valence-corrected chi connectivity index (χ0v) is 5.54. The van der Waals surface area contributed by atoms with Crippen LogP contribution in [0.2, 0.25) is 0 Å². The van der Waals surface area contributed by atoms with E-state index in [0.29, 0.717) is 0 Å². The third-order valence-corrected chi connectivity index (χ3v) is 0.852. The largest absolute Gasteiger partial charge is 0.212 e. The SMILES string of the molecule is CS(C)(C)O[NH+]=O. The quantitative estimate of drug-likeness (QED) is 0.498. The van der Waals surface area contributed by atoms with Crippen molar-refractivity contribution in [2.45, 2.75) is 0 Å². The molecule has 0 atom stereocenters. The van der Waals surface area contributed by atoms with Crippen molar-refractivity contribution in [3.63, 3.8) is 0 Å². The third kappa shape index (κ3) is 5.75. The summed E-state index contributed by atoms with van der Waals surface area (Å²) in [6.07, 6.45) is 5.62. The van der Waals surface area contributed by atoms with Crippen molar-refractivity contribution in [3.05, 3.63) is 4.91 Å². The minimum Gasteiger partial charge on any atom is -0.180 e. The maximum Gasteiger partial charge on any atom is 0.212 e. The van der Waals surface area contributed by atoms with E-state index >= 15 is 0 Å². The summed E-state index contributed by atoms with van der Waals surface area (Å²) >= 11 is 0. The Bertz CT molecular complexity index is 67.8. The molecule has 1 N–H and O–H groups in total. The van der Waals surface area contributed by atoms with E-state index in [-0.39, 0.29) is 0 Å². The van der Waals surface area contributed by atoms with Gasteiger partial charge >= 0.3 is 0 Å². The van der Waals surface area contributed by atoms with Crippen LogP contribution in [0.1, 0.15) is 0 Å². The molecule has 0 aliphatic carbocycles. The lowest BCUT2D eigenvalue weighted by atomic mass is 11.9. The first-order valence-corrected chi connectivity index (χ1v) is 4.58. The molecule has 0 aromatic carbocycles. The van der Waals surface area contributed by atoms with Crippen molar-refractivity contribution < 1.29 is 9.62 Å². The molecule has 0 spiro atoms. The van der Waals surface area contributed by atoms with E-state index in [2.05, 4.69) is 4.28 Å². The molecule has 0 aromatic heterocycles. The minimum atomic E-state index is -1.10. The summed E-state index contributed by atoms with van der Waals surface area (Å²) < 4.78 is 4.51. The number of nitrogens with one attached hydrogen (secondary N) is 1. The third-order valence-electron chi connectivity index (χ3n) is 0.284. The van der Waals surface area contributed by atoms with Crippen LogP contribution in [-0.2, 0) is 4.28 Å². The molecular weight excluding hydrogens is 114 g/mol. The average Bonchev–Trinajstić information content (AvgIpc) is 1.30. The van der Waals surface area contributed by atoms with E-state index < -0.39 is 10.3 Å². The van der Waals surface area contributed by atoms with E-state index in [9.17, 15) is 4.91 Å². The van der Waals surface area contributed by atoms with Gasteiger partial charge < -0.3 is 0 Å². The van der Waals surface area contributed by atoms with Crippen LogP contribution in [0.5, 0.6) is 0 Å². The standard InChI is InChI=1S/C3H10NO2S/c1-7(2,3)6-4-5/h4H,1-3H3/q+1. The maximum absolute atomic E-state index is 9.49. The molecule has 4 heteroatoms. The Labute approximate surface area is 44.5 Å². The van der Waals surface area contributed by atoms with Gasteiger partial charge in [0.1, 0.15) is 0 Å². The molecule has 0 radical (unpaired) electrons. The van der Waals surface area contributed by atoms with Crippen molar-refractivity contribution in [2.75, 3.05) is 18.8 Å². The van der Waals surface area contributed by atoms with Gasteiger partial charge in [-0.1, -0.05) is 0 Å². The van der Waals surface area contributed by atoms with Crippen molar-refractivity contribution in [2.24, 2.45) is 0 Å². The molecular formula is C3H10NO2S+. The monoisotopic (exact) mass is 124 g/mol. The molecule has 0 unspecified atom stereocenters. The molecule has 7 heavy (non-hydrogen) atoms. The molecule has 0 aliphatic heterocycles. The maximum atomic E-state index is 9.49. The van der Waals surface area contributed by atoms with Crippen molar-refractivity contribution in [1.82, 2.24) is 0 Å². The summed E-state index contributed by atoms with van der Waals surface area (Å²) in [5.41, 5.74) is 0. The van der Waals surface area contributed by atoms with Crippen LogP contribution in [-0.4, -0.2) is 18.8 Å². The van der Waals surface area contributed by atoms with Crippen LogP contribution in [0.25, 0.3) is 0 Å². The van der Waals surface area contributed by atoms with Gasteiger partial charge in [0.2, 0.25) is 5.34 Å². The molecule has 44 valence electrons. The van der Waals surface area contributed by atoms with Gasteiger partial charge in [-0.3, -0.25) is 0 Å². The van der Waals surface area contributed by atoms with Crippen molar-refractivity contribution >= 4 is 10.3 Å². The second-order valence-corrected chi connectivity index (χ2v) is 5.51. The van der Waals surface area contributed by atoms with Gasteiger partial charge in [0.15, 0.2) is 0 Å². The van der Waals surface area contributed by atoms with Crippen molar-refractivity contribution in [1.29, 1.82) is 0 Å². The Morgan fingerprint density at radius 2 is 1.86 bits per heavy atom. The van der Waals surface area contributed by atoms with Gasteiger partial charge in [0.25, 0.3) is 0 Å². The second-order valence-electron chi connectivity index (χ2n) is 1.89. The van der Waals surface area contributed by atoms with E-state index in [0.717, 1.165) is 0 Å². The summed E-state index contributed by atoms with van der Waals surface area (Å²) in [6.45, 7) is 0. The van der Waals surface area contributed by atoms with Gasteiger partial charge in [-0.25, -0.2) is 0 Å². The summed E-state index contributed by atoms with van der Waals surface area (Å²) in [5, 5.41) is 1.39. The molecule has 0 saturated carbocycles. The summed E-state index contributed by atoms with van der Waals surface area (Å²) in [6, 6.07) is 0. The topological polar surface area (TPSA) is 40.3 Å². The Morgan fingerprint density at radius 3 is 1.86 bits per heavy atom. The van der Waals surface area contributed by atoms with Gasteiger partial charge in [-0.05, 0) is 10.3 Å². The van der Waals surface area contributed by atoms with Crippen LogP contribution < -0.4 is 5.34 Å². The first kappa shape index (κ1) is 6.75. The zero-order valence-electron chi connectivity index (χ0n) is 4.72. The minimum absolute atomic E-state index is 1.10. The molecule has 0 bridgehead atoms. The predicted molar refractivity (Wildman–Crippen MR) is 30.8 cm³/mol. The highest BCUT2D eigenvalue weighted by Gasteiger charge is 2.06. The Balaban J connectivity index is 3.34. The normalized spacial score (nSPS) is 13.0. The molecule has 0 saturated heterocycles. The Morgan fingerprint density at radius 1 is 1.43 bits per heavy atom. The van der Waals surface area contributed by atoms with Gasteiger partial charge in [-0.2, -0.15) is 4.28 Å².